The highest BCUT2D eigenvalue weighted by Crippen LogP contribution is 2.28. The average Bonchev–Trinajstić information content (AvgIpc) is 3.32. The number of nitrogens with zero attached hydrogens (tertiary/aromatic N) is 4. The van der Waals surface area contributed by atoms with E-state index in [2.05, 4.69) is 63.6 Å². The highest BCUT2D eigenvalue weighted by Gasteiger charge is 2.20. The van der Waals surface area contributed by atoms with Crippen LogP contribution in [0.2, 0.25) is 0 Å². The predicted octanol–water partition coefficient (Wildman–Crippen LogP) is 4.87. The Morgan fingerprint density at radius 3 is 2.39 bits per heavy atom. The topological polar surface area (TPSA) is 60.0 Å². The summed E-state index contributed by atoms with van der Waals surface area (Å²) in [6.45, 7) is 6.91. The molecule has 0 bridgehead atoms. The van der Waals surface area contributed by atoms with Gasteiger partial charge in [-0.1, -0.05) is 67.2 Å². The zero-order valence-electron chi connectivity index (χ0n) is 17.4. The Balaban J connectivity index is 1.41. The molecule has 0 aliphatic carbocycles. The number of allylic oxidation sites excluding steroid dienone is 1. The lowest BCUT2D eigenvalue weighted by molar-refractivity contribution is 0.339. The molecule has 0 saturated carbocycles. The maximum absolute atomic E-state index is 5.89. The first-order valence-corrected chi connectivity index (χ1v) is 11.3. The second kappa shape index (κ2) is 8.40. The molecule has 6 heteroatoms. The van der Waals surface area contributed by atoms with Crippen LogP contribution in [-0.2, 0) is 19.4 Å². The molecule has 4 aromatic rings. The number of hydrogen-bond donors (Lipinski definition) is 1. The van der Waals surface area contributed by atoms with Crippen LogP contribution < -0.4 is 5.73 Å². The van der Waals surface area contributed by atoms with Crippen LogP contribution in [0, 0.1) is 0 Å². The van der Waals surface area contributed by atoms with Gasteiger partial charge >= 0.3 is 0 Å². The van der Waals surface area contributed by atoms with Gasteiger partial charge in [-0.05, 0) is 11.6 Å². The molecule has 2 aromatic heterocycles. The van der Waals surface area contributed by atoms with Crippen molar-refractivity contribution in [2.75, 3.05) is 18.8 Å². The molecule has 0 unspecified atom stereocenters. The van der Waals surface area contributed by atoms with E-state index < -0.39 is 0 Å². The molecular weight excluding hydrogens is 402 g/mol. The molecule has 0 spiro atoms. The van der Waals surface area contributed by atoms with Crippen LogP contribution in [0.1, 0.15) is 10.6 Å². The van der Waals surface area contributed by atoms with Gasteiger partial charge in [-0.3, -0.25) is 4.68 Å². The second-order valence-corrected chi connectivity index (χ2v) is 8.89. The summed E-state index contributed by atoms with van der Waals surface area (Å²) in [7, 11) is 0. The standard InChI is InChI=1S/C25H25N5S/c1-18(29-14-12-21-24(13-15-29)31-25(26)27-21)17-30-23(20-10-6-3-7-11-20)16-22(28-30)19-8-4-2-5-9-19/h2-11,16H,1,12-15,17H2,(H2,26,27). The third-order valence-corrected chi connectivity index (χ3v) is 6.71. The molecule has 156 valence electrons. The van der Waals surface area contributed by atoms with Crippen molar-refractivity contribution in [1.82, 2.24) is 19.7 Å². The molecule has 2 N–H and O–H groups in total. The highest BCUT2D eigenvalue weighted by molar-refractivity contribution is 7.15. The molecule has 0 radical (unpaired) electrons. The summed E-state index contributed by atoms with van der Waals surface area (Å²) in [6, 6.07) is 22.9. The first kappa shape index (κ1) is 19.6. The Kier molecular flexibility index (Phi) is 5.30. The van der Waals surface area contributed by atoms with E-state index in [0.717, 1.165) is 59.8 Å². The fourth-order valence-electron chi connectivity index (χ4n) is 4.10. The quantitative estimate of drug-likeness (QED) is 0.494. The Labute approximate surface area is 186 Å². The minimum atomic E-state index is 0.653. The molecule has 31 heavy (non-hydrogen) atoms. The molecule has 3 heterocycles. The smallest absolute Gasteiger partial charge is 0.180 e. The summed E-state index contributed by atoms with van der Waals surface area (Å²) in [5, 5.41) is 5.63. The van der Waals surface area contributed by atoms with Crippen LogP contribution in [0.15, 0.2) is 79.0 Å². The van der Waals surface area contributed by atoms with E-state index >= 15 is 0 Å². The first-order valence-electron chi connectivity index (χ1n) is 10.5. The fourth-order valence-corrected chi connectivity index (χ4v) is 4.97. The number of thiazole rings is 1. The Morgan fingerprint density at radius 2 is 1.65 bits per heavy atom. The van der Waals surface area contributed by atoms with Gasteiger partial charge in [0, 0.05) is 42.1 Å². The zero-order chi connectivity index (χ0) is 21.2. The largest absolute Gasteiger partial charge is 0.375 e. The van der Waals surface area contributed by atoms with Crippen LogP contribution in [-0.4, -0.2) is 32.8 Å². The fraction of sp³-hybridized carbons (Fsp3) is 0.200. The summed E-state index contributed by atoms with van der Waals surface area (Å²) in [6.07, 6.45) is 1.87. The van der Waals surface area contributed by atoms with Crippen molar-refractivity contribution in [3.05, 3.63) is 89.6 Å². The Morgan fingerprint density at radius 1 is 0.968 bits per heavy atom. The van der Waals surface area contributed by atoms with Crippen molar-refractivity contribution in [2.24, 2.45) is 0 Å². The van der Waals surface area contributed by atoms with Crippen molar-refractivity contribution in [3.8, 4) is 22.5 Å². The van der Waals surface area contributed by atoms with E-state index in [-0.39, 0.29) is 0 Å². The number of fused-ring (bicyclic) bond motifs is 1. The van der Waals surface area contributed by atoms with Gasteiger partial charge in [0.2, 0.25) is 0 Å². The van der Waals surface area contributed by atoms with Gasteiger partial charge in [-0.25, -0.2) is 4.98 Å². The third-order valence-electron chi connectivity index (χ3n) is 5.72. The molecule has 0 atom stereocenters. The lowest BCUT2D eigenvalue weighted by atomic mass is 10.1. The minimum absolute atomic E-state index is 0.653. The molecule has 5 rings (SSSR count). The highest BCUT2D eigenvalue weighted by atomic mass is 32.1. The summed E-state index contributed by atoms with van der Waals surface area (Å²) in [5.41, 5.74) is 12.5. The monoisotopic (exact) mass is 427 g/mol. The normalized spacial score (nSPS) is 13.6. The van der Waals surface area contributed by atoms with E-state index in [1.165, 1.54) is 4.88 Å². The molecule has 2 aromatic carbocycles. The Bertz CT molecular complexity index is 1170. The van der Waals surface area contributed by atoms with Crippen molar-refractivity contribution < 1.29 is 0 Å². The molecule has 0 fully saturated rings. The van der Waals surface area contributed by atoms with E-state index in [4.69, 9.17) is 10.8 Å². The van der Waals surface area contributed by atoms with Gasteiger partial charge in [0.25, 0.3) is 0 Å². The van der Waals surface area contributed by atoms with E-state index in [1.807, 2.05) is 24.3 Å². The molecule has 0 saturated heterocycles. The summed E-state index contributed by atoms with van der Waals surface area (Å²) < 4.78 is 2.08. The maximum Gasteiger partial charge on any atom is 0.180 e. The summed E-state index contributed by atoms with van der Waals surface area (Å²) in [4.78, 5) is 8.17. The molecule has 1 aliphatic rings. The van der Waals surface area contributed by atoms with E-state index in [9.17, 15) is 0 Å². The number of nitrogen functional groups attached to an aromatic ring is 1. The summed E-state index contributed by atoms with van der Waals surface area (Å²) >= 11 is 1.61. The van der Waals surface area contributed by atoms with Gasteiger partial charge in [0.05, 0.1) is 23.6 Å². The lowest BCUT2D eigenvalue weighted by Gasteiger charge is -2.25. The van der Waals surface area contributed by atoms with Gasteiger partial charge in [0.1, 0.15) is 0 Å². The maximum atomic E-state index is 5.89. The van der Waals surface area contributed by atoms with Gasteiger partial charge in [-0.15, -0.1) is 11.3 Å². The number of nitrogens with two attached hydrogens (primary N) is 1. The average molecular weight is 428 g/mol. The molecule has 1 aliphatic heterocycles. The van der Waals surface area contributed by atoms with Crippen LogP contribution in [0.5, 0.6) is 0 Å². The molecule has 0 amide bonds. The first-order chi connectivity index (χ1) is 15.2. The second-order valence-electron chi connectivity index (χ2n) is 7.78. The van der Waals surface area contributed by atoms with Crippen LogP contribution in [0.3, 0.4) is 0 Å². The van der Waals surface area contributed by atoms with Crippen molar-refractivity contribution >= 4 is 16.5 Å². The molecule has 5 nitrogen and oxygen atoms in total. The van der Waals surface area contributed by atoms with Crippen molar-refractivity contribution in [2.45, 2.75) is 19.4 Å². The minimum Gasteiger partial charge on any atom is -0.375 e. The van der Waals surface area contributed by atoms with E-state index in [0.29, 0.717) is 11.7 Å². The SMILES string of the molecule is C=C(Cn1nc(-c2ccccc2)cc1-c1ccccc1)N1CCc2nc(N)sc2CC1. The van der Waals surface area contributed by atoms with Crippen LogP contribution >= 0.6 is 11.3 Å². The number of hydrogen-bond acceptors (Lipinski definition) is 5. The van der Waals surface area contributed by atoms with E-state index in [1.54, 1.807) is 11.3 Å². The van der Waals surface area contributed by atoms with Crippen LogP contribution in [0.4, 0.5) is 5.13 Å². The molecular formula is C25H25N5S. The van der Waals surface area contributed by atoms with Gasteiger partial charge in [0.15, 0.2) is 5.13 Å². The predicted molar refractivity (Wildman–Crippen MR) is 128 cm³/mol. The van der Waals surface area contributed by atoms with Crippen molar-refractivity contribution in [3.63, 3.8) is 0 Å². The number of anilines is 1. The van der Waals surface area contributed by atoms with Crippen LogP contribution in [0.25, 0.3) is 22.5 Å². The third kappa shape index (κ3) is 4.11. The summed E-state index contributed by atoms with van der Waals surface area (Å²) in [5.74, 6) is 0. The number of benzene rings is 2. The van der Waals surface area contributed by atoms with Gasteiger partial charge < -0.3 is 10.6 Å². The lowest BCUT2D eigenvalue weighted by Crippen LogP contribution is -2.28. The van der Waals surface area contributed by atoms with Gasteiger partial charge in [-0.2, -0.15) is 5.10 Å². The van der Waals surface area contributed by atoms with Crippen molar-refractivity contribution in [1.29, 1.82) is 0 Å². The number of rotatable bonds is 5. The number of aromatic nitrogens is 3. The zero-order valence-corrected chi connectivity index (χ0v) is 18.2. The Hall–Kier alpha value is -3.38.